The molecule has 0 amide bonds. The van der Waals surface area contributed by atoms with Crippen molar-refractivity contribution in [2.45, 2.75) is 30.0 Å². The van der Waals surface area contributed by atoms with Gasteiger partial charge in [0, 0.05) is 6.20 Å². The number of aliphatic carboxylic acids is 1. The van der Waals surface area contributed by atoms with Gasteiger partial charge in [0.15, 0.2) is 5.65 Å². The van der Waals surface area contributed by atoms with E-state index in [1.807, 2.05) is 0 Å². The molecular formula is C24H19F4N3O2S. The Labute approximate surface area is 196 Å². The highest BCUT2D eigenvalue weighted by atomic mass is 32.2. The normalized spacial score (nSPS) is 13.7. The van der Waals surface area contributed by atoms with Crippen molar-refractivity contribution in [3.05, 3.63) is 83.4 Å². The van der Waals surface area contributed by atoms with Gasteiger partial charge in [0.25, 0.3) is 0 Å². The lowest BCUT2D eigenvalue weighted by Gasteiger charge is -2.25. The number of carbonyl (C=O) groups is 1. The molecule has 0 aliphatic carbocycles. The van der Waals surface area contributed by atoms with Gasteiger partial charge in [-0.3, -0.25) is 4.79 Å². The molecule has 5 nitrogen and oxygen atoms in total. The van der Waals surface area contributed by atoms with Crippen molar-refractivity contribution < 1.29 is 27.5 Å². The molecule has 34 heavy (non-hydrogen) atoms. The number of aromatic nitrogens is 3. The van der Waals surface area contributed by atoms with E-state index < -0.39 is 28.9 Å². The average Bonchev–Trinajstić information content (AvgIpc) is 3.17. The minimum atomic E-state index is -4.46. The molecule has 0 unspecified atom stereocenters. The van der Waals surface area contributed by atoms with Gasteiger partial charge in [-0.1, -0.05) is 24.3 Å². The Morgan fingerprint density at radius 3 is 2.41 bits per heavy atom. The van der Waals surface area contributed by atoms with E-state index in [1.54, 1.807) is 12.3 Å². The number of hydrogen-bond acceptors (Lipinski definition) is 4. The largest absolute Gasteiger partial charge is 0.481 e. The summed E-state index contributed by atoms with van der Waals surface area (Å²) in [7, 11) is 0. The average molecular weight is 489 g/mol. The van der Waals surface area contributed by atoms with Crippen molar-refractivity contribution in [3.8, 4) is 11.1 Å². The standard InChI is InChI=1S/C24H19F4N3O2S/c1-23(22(32)33,13-14-4-3-5-17(25)12-14)18-10-11-29-20-19(21(34-2)30-31(18)20)15-6-8-16(9-7-15)24(26,27)28/h3-12H,13H2,1-2H3,(H,32,33)/t23-/m1/s1. The molecule has 2 heterocycles. The summed E-state index contributed by atoms with van der Waals surface area (Å²) < 4.78 is 54.2. The molecule has 0 saturated carbocycles. The molecule has 1 N–H and O–H groups in total. The molecule has 0 radical (unpaired) electrons. The van der Waals surface area contributed by atoms with Crippen molar-refractivity contribution in [1.82, 2.24) is 14.6 Å². The summed E-state index contributed by atoms with van der Waals surface area (Å²) in [5, 5.41) is 15.2. The first-order chi connectivity index (χ1) is 16.0. The summed E-state index contributed by atoms with van der Waals surface area (Å²) in [6.45, 7) is 1.52. The van der Waals surface area contributed by atoms with Crippen LogP contribution in [0.4, 0.5) is 17.6 Å². The van der Waals surface area contributed by atoms with Crippen LogP contribution in [0.15, 0.2) is 65.8 Å². The molecule has 176 valence electrons. The van der Waals surface area contributed by atoms with E-state index in [-0.39, 0.29) is 6.42 Å². The lowest BCUT2D eigenvalue weighted by molar-refractivity contribution is -0.143. The molecule has 4 aromatic rings. The maximum absolute atomic E-state index is 13.7. The number of rotatable bonds is 6. The fourth-order valence-corrected chi connectivity index (χ4v) is 4.47. The van der Waals surface area contributed by atoms with Crippen LogP contribution in [0.3, 0.4) is 0 Å². The SMILES string of the molecule is CSc1nn2c([C@@](C)(Cc3cccc(F)c3)C(=O)O)ccnc2c1-c1ccc(C(F)(F)F)cc1. The zero-order valence-electron chi connectivity index (χ0n) is 18.1. The quantitative estimate of drug-likeness (QED) is 0.271. The number of nitrogens with zero attached hydrogens (tertiary/aromatic N) is 3. The van der Waals surface area contributed by atoms with E-state index in [2.05, 4.69) is 10.1 Å². The molecule has 1 atom stereocenters. The topological polar surface area (TPSA) is 67.5 Å². The highest BCUT2D eigenvalue weighted by Gasteiger charge is 2.39. The first-order valence-electron chi connectivity index (χ1n) is 10.1. The van der Waals surface area contributed by atoms with E-state index in [0.717, 1.165) is 12.1 Å². The molecular weight excluding hydrogens is 470 g/mol. The molecule has 0 saturated heterocycles. The van der Waals surface area contributed by atoms with Gasteiger partial charge in [0.2, 0.25) is 0 Å². The summed E-state index contributed by atoms with van der Waals surface area (Å²) in [6.07, 6.45) is -1.27. The van der Waals surface area contributed by atoms with Gasteiger partial charge in [-0.25, -0.2) is 13.9 Å². The Morgan fingerprint density at radius 2 is 1.82 bits per heavy atom. The van der Waals surface area contributed by atoms with Crippen LogP contribution in [0.5, 0.6) is 0 Å². The van der Waals surface area contributed by atoms with Crippen LogP contribution in [0.25, 0.3) is 16.8 Å². The number of benzene rings is 2. The summed E-state index contributed by atoms with van der Waals surface area (Å²) in [4.78, 5) is 16.8. The maximum atomic E-state index is 13.7. The van der Waals surface area contributed by atoms with Crippen LogP contribution in [-0.4, -0.2) is 31.9 Å². The van der Waals surface area contributed by atoms with Gasteiger partial charge < -0.3 is 5.11 Å². The molecule has 10 heteroatoms. The highest BCUT2D eigenvalue weighted by molar-refractivity contribution is 7.98. The third-order valence-electron chi connectivity index (χ3n) is 5.66. The Balaban J connectivity index is 1.88. The van der Waals surface area contributed by atoms with E-state index in [0.29, 0.717) is 33.1 Å². The molecule has 4 rings (SSSR count). The van der Waals surface area contributed by atoms with Crippen LogP contribution in [-0.2, 0) is 22.8 Å². The molecule has 0 bridgehead atoms. The Bertz CT molecular complexity index is 1370. The van der Waals surface area contributed by atoms with Gasteiger partial charge >= 0.3 is 12.1 Å². The van der Waals surface area contributed by atoms with Crippen LogP contribution < -0.4 is 0 Å². The predicted molar refractivity (Wildman–Crippen MR) is 120 cm³/mol. The van der Waals surface area contributed by atoms with Crippen molar-refractivity contribution in [2.75, 3.05) is 6.26 Å². The van der Waals surface area contributed by atoms with Gasteiger partial charge in [-0.2, -0.15) is 18.3 Å². The first kappa shape index (κ1) is 23.7. The third-order valence-corrected chi connectivity index (χ3v) is 6.34. The van der Waals surface area contributed by atoms with Crippen LogP contribution in [0.2, 0.25) is 0 Å². The second-order valence-corrected chi connectivity index (χ2v) is 8.76. The van der Waals surface area contributed by atoms with Crippen molar-refractivity contribution in [2.24, 2.45) is 0 Å². The lowest BCUT2D eigenvalue weighted by Crippen LogP contribution is -2.37. The predicted octanol–water partition coefficient (Wildman–Crippen LogP) is 5.86. The maximum Gasteiger partial charge on any atom is 0.416 e. The zero-order valence-corrected chi connectivity index (χ0v) is 18.9. The summed E-state index contributed by atoms with van der Waals surface area (Å²) in [5.41, 5.74) is -0.180. The first-order valence-corrected chi connectivity index (χ1v) is 11.3. The second kappa shape index (κ2) is 8.75. The van der Waals surface area contributed by atoms with E-state index in [4.69, 9.17) is 0 Å². The Kier molecular flexibility index (Phi) is 6.11. The van der Waals surface area contributed by atoms with E-state index in [9.17, 15) is 27.5 Å². The molecule has 0 aliphatic rings. The van der Waals surface area contributed by atoms with Gasteiger partial charge in [0.05, 0.1) is 16.8 Å². The summed E-state index contributed by atoms with van der Waals surface area (Å²) in [5.74, 6) is -1.61. The summed E-state index contributed by atoms with van der Waals surface area (Å²) in [6, 6.07) is 11.9. The van der Waals surface area contributed by atoms with Crippen LogP contribution in [0, 0.1) is 5.82 Å². The molecule has 2 aromatic carbocycles. The van der Waals surface area contributed by atoms with Gasteiger partial charge in [0.1, 0.15) is 16.3 Å². The third kappa shape index (κ3) is 4.25. The lowest BCUT2D eigenvalue weighted by atomic mass is 9.80. The van der Waals surface area contributed by atoms with Crippen molar-refractivity contribution in [1.29, 1.82) is 0 Å². The number of carboxylic acid groups (broad SMARTS) is 1. The van der Waals surface area contributed by atoms with Crippen LogP contribution >= 0.6 is 11.8 Å². The van der Waals surface area contributed by atoms with Crippen LogP contribution in [0.1, 0.15) is 23.7 Å². The monoisotopic (exact) mass is 489 g/mol. The molecule has 2 aromatic heterocycles. The van der Waals surface area contributed by atoms with Gasteiger partial charge in [-0.05, 0) is 61.1 Å². The minimum Gasteiger partial charge on any atom is -0.481 e. The Morgan fingerprint density at radius 1 is 1.12 bits per heavy atom. The number of carboxylic acids is 1. The highest BCUT2D eigenvalue weighted by Crippen LogP contribution is 2.38. The number of thioether (sulfide) groups is 1. The van der Waals surface area contributed by atoms with E-state index in [1.165, 1.54) is 65.8 Å². The van der Waals surface area contributed by atoms with Crippen molar-refractivity contribution >= 4 is 23.4 Å². The fraction of sp³-hybridized carbons (Fsp3) is 0.208. The second-order valence-electron chi connectivity index (χ2n) is 7.97. The van der Waals surface area contributed by atoms with E-state index >= 15 is 0 Å². The zero-order chi connectivity index (χ0) is 24.7. The number of hydrogen-bond donors (Lipinski definition) is 1. The van der Waals surface area contributed by atoms with Gasteiger partial charge in [-0.15, -0.1) is 11.8 Å². The number of fused-ring (bicyclic) bond motifs is 1. The minimum absolute atomic E-state index is 0.0106. The summed E-state index contributed by atoms with van der Waals surface area (Å²) >= 11 is 1.27. The molecule has 0 spiro atoms. The number of alkyl halides is 3. The smallest absolute Gasteiger partial charge is 0.416 e. The number of halogens is 4. The fourth-order valence-electron chi connectivity index (χ4n) is 3.90. The molecule has 0 aliphatic heterocycles. The Hall–Kier alpha value is -3.40. The van der Waals surface area contributed by atoms with Crippen molar-refractivity contribution in [3.63, 3.8) is 0 Å². The molecule has 0 fully saturated rings.